The van der Waals surface area contributed by atoms with Crippen molar-refractivity contribution in [2.24, 2.45) is 5.92 Å². The van der Waals surface area contributed by atoms with Gasteiger partial charge in [-0.1, -0.05) is 78.9 Å². The third-order valence-corrected chi connectivity index (χ3v) is 9.97. The van der Waals surface area contributed by atoms with E-state index < -0.39 is 41.7 Å². The van der Waals surface area contributed by atoms with Crippen LogP contribution in [0, 0.1) is 5.92 Å². The number of pyridine rings is 1. The summed E-state index contributed by atoms with van der Waals surface area (Å²) in [5, 5.41) is 17.3. The number of ether oxygens (including phenoxy) is 1. The average molecular weight is 718 g/mol. The highest BCUT2D eigenvalue weighted by Gasteiger charge is 2.38. The lowest BCUT2D eigenvalue weighted by Crippen LogP contribution is -2.62. The second kappa shape index (κ2) is 17.3. The molecular weight excluding hydrogens is 667 g/mol. The Morgan fingerprint density at radius 2 is 1.60 bits per heavy atom. The van der Waals surface area contributed by atoms with Gasteiger partial charge in [-0.2, -0.15) is 0 Å². The molecule has 0 spiro atoms. The number of benzene rings is 3. The van der Waals surface area contributed by atoms with Crippen LogP contribution in [0.4, 0.5) is 0 Å². The number of hydrogen-bond acceptors (Lipinski definition) is 8. The van der Waals surface area contributed by atoms with Crippen molar-refractivity contribution in [1.82, 2.24) is 25.4 Å². The Morgan fingerprint density at radius 1 is 0.906 bits per heavy atom. The Kier molecular flexibility index (Phi) is 12.3. The van der Waals surface area contributed by atoms with Gasteiger partial charge in [-0.25, -0.2) is 4.79 Å². The van der Waals surface area contributed by atoms with E-state index >= 15 is 0 Å². The number of carbonyl (C=O) groups excluding carboxylic acids is 3. The van der Waals surface area contributed by atoms with Gasteiger partial charge in [-0.15, -0.1) is 0 Å². The van der Waals surface area contributed by atoms with E-state index in [0.717, 1.165) is 22.3 Å². The number of aliphatic hydroxyl groups excluding tert-OH is 1. The Hall–Kier alpha value is -4.90. The molecule has 10 heteroatoms. The van der Waals surface area contributed by atoms with Crippen molar-refractivity contribution in [2.75, 3.05) is 26.2 Å². The molecular formula is C43H51N5O5. The van der Waals surface area contributed by atoms with Crippen LogP contribution in [0.2, 0.25) is 0 Å². The maximum absolute atomic E-state index is 14.3. The van der Waals surface area contributed by atoms with Gasteiger partial charge in [0.2, 0.25) is 11.8 Å². The van der Waals surface area contributed by atoms with Crippen LogP contribution in [0.15, 0.2) is 109 Å². The van der Waals surface area contributed by atoms with Crippen molar-refractivity contribution < 1.29 is 24.2 Å². The number of aromatic nitrogens is 1. The number of esters is 1. The predicted molar refractivity (Wildman–Crippen MR) is 204 cm³/mol. The van der Waals surface area contributed by atoms with Crippen molar-refractivity contribution in [3.63, 3.8) is 0 Å². The van der Waals surface area contributed by atoms with E-state index in [-0.39, 0.29) is 24.8 Å². The maximum Gasteiger partial charge on any atom is 0.338 e. The number of rotatable bonds is 13. The van der Waals surface area contributed by atoms with Crippen LogP contribution in [-0.4, -0.2) is 87.6 Å². The fourth-order valence-corrected chi connectivity index (χ4v) is 7.42. The van der Waals surface area contributed by atoms with Gasteiger partial charge in [-0.05, 0) is 74.1 Å². The van der Waals surface area contributed by atoms with E-state index in [9.17, 15) is 19.5 Å². The lowest BCUT2D eigenvalue weighted by molar-refractivity contribution is -0.132. The molecule has 2 amide bonds. The molecule has 2 aliphatic rings. The summed E-state index contributed by atoms with van der Waals surface area (Å²) >= 11 is 0. The summed E-state index contributed by atoms with van der Waals surface area (Å²) in [6, 6.07) is 29.3. The molecule has 1 aliphatic heterocycles. The normalized spacial score (nSPS) is 20.2. The predicted octanol–water partition coefficient (Wildman–Crippen LogP) is 4.73. The van der Waals surface area contributed by atoms with Gasteiger partial charge in [0.05, 0.1) is 17.7 Å². The largest absolute Gasteiger partial charge is 0.457 e. The van der Waals surface area contributed by atoms with Crippen LogP contribution >= 0.6 is 0 Å². The summed E-state index contributed by atoms with van der Waals surface area (Å²) in [6.07, 6.45) is 3.21. The molecule has 3 aromatic carbocycles. The number of aliphatic hydroxyl groups is 1. The van der Waals surface area contributed by atoms with Gasteiger partial charge in [0.1, 0.15) is 12.1 Å². The minimum atomic E-state index is -0.745. The Bertz CT molecular complexity index is 1820. The number of hydrogen-bond donors (Lipinski definition) is 3. The van der Waals surface area contributed by atoms with Crippen LogP contribution in [0.1, 0.15) is 65.8 Å². The summed E-state index contributed by atoms with van der Waals surface area (Å²) in [5.74, 6) is -1.41. The molecule has 2 heterocycles. The monoisotopic (exact) mass is 717 g/mol. The van der Waals surface area contributed by atoms with E-state index in [1.807, 2.05) is 99.8 Å². The molecule has 1 saturated heterocycles. The highest BCUT2D eigenvalue weighted by molar-refractivity contribution is 5.89. The van der Waals surface area contributed by atoms with Crippen molar-refractivity contribution in [1.29, 1.82) is 0 Å². The quantitative estimate of drug-likeness (QED) is 0.170. The van der Waals surface area contributed by atoms with Crippen LogP contribution in [-0.2, 0) is 33.7 Å². The first kappa shape index (κ1) is 37.8. The number of fused-ring (bicyclic) bond motifs is 1. The molecule has 1 fully saturated rings. The summed E-state index contributed by atoms with van der Waals surface area (Å²) < 4.78 is 6.29. The third-order valence-electron chi connectivity index (χ3n) is 9.97. The van der Waals surface area contributed by atoms with Gasteiger partial charge in [0.25, 0.3) is 0 Å². The zero-order valence-electron chi connectivity index (χ0n) is 30.9. The van der Waals surface area contributed by atoms with Crippen molar-refractivity contribution >= 4 is 17.8 Å². The second-order valence-electron chi connectivity index (χ2n) is 15.3. The van der Waals surface area contributed by atoms with E-state index in [1.165, 1.54) is 0 Å². The molecule has 53 heavy (non-hydrogen) atoms. The number of carbonyl (C=O) groups is 3. The van der Waals surface area contributed by atoms with E-state index in [1.54, 1.807) is 30.5 Å². The summed E-state index contributed by atoms with van der Waals surface area (Å²) in [7, 11) is 0. The van der Waals surface area contributed by atoms with Crippen molar-refractivity contribution in [3.05, 3.63) is 137 Å². The zero-order valence-corrected chi connectivity index (χ0v) is 30.9. The number of nitrogens with one attached hydrogen (secondary N) is 2. The fraction of sp³-hybridized carbons (Fsp3) is 0.395. The van der Waals surface area contributed by atoms with Gasteiger partial charge in [-0.3, -0.25) is 24.4 Å². The second-order valence-corrected chi connectivity index (χ2v) is 15.3. The number of nitrogens with zero attached hydrogens (tertiary/aromatic N) is 3. The van der Waals surface area contributed by atoms with E-state index in [2.05, 4.69) is 25.4 Å². The molecule has 6 rings (SSSR count). The molecule has 10 nitrogen and oxygen atoms in total. The van der Waals surface area contributed by atoms with Crippen molar-refractivity contribution in [3.8, 4) is 0 Å². The topological polar surface area (TPSA) is 124 Å². The lowest BCUT2D eigenvalue weighted by Gasteiger charge is -2.42. The number of piperazine rings is 1. The highest BCUT2D eigenvalue weighted by Crippen LogP contribution is 2.32. The van der Waals surface area contributed by atoms with Gasteiger partial charge < -0.3 is 20.5 Å². The summed E-state index contributed by atoms with van der Waals surface area (Å²) in [6.45, 7) is 8.52. The Balaban J connectivity index is 1.27. The van der Waals surface area contributed by atoms with E-state index in [0.29, 0.717) is 44.6 Å². The zero-order chi connectivity index (χ0) is 37.4. The van der Waals surface area contributed by atoms with Crippen LogP contribution in [0.3, 0.4) is 0 Å². The van der Waals surface area contributed by atoms with Crippen LogP contribution in [0.25, 0.3) is 0 Å². The van der Waals surface area contributed by atoms with Crippen molar-refractivity contribution in [2.45, 2.75) is 76.4 Å². The SMILES string of the molecule is CC(C)(C)NC(=O)[C@@H]1CN(Cc2cccnc2)CCN1C[C@H](C[C@@H](Cc1ccccc1)C(=O)N[C@H]1c2ccccc2C[C@H]1O)OC(=O)c1ccccc1. The average Bonchev–Trinajstić information content (AvgIpc) is 3.46. The maximum atomic E-state index is 14.3. The van der Waals surface area contributed by atoms with Gasteiger partial charge in [0.15, 0.2) is 0 Å². The fourth-order valence-electron chi connectivity index (χ4n) is 7.42. The Labute approximate surface area is 312 Å². The molecule has 3 N–H and O–H groups in total. The molecule has 5 atom stereocenters. The molecule has 0 bridgehead atoms. The van der Waals surface area contributed by atoms with Gasteiger partial charge in [0, 0.05) is 63.0 Å². The van der Waals surface area contributed by atoms with Crippen LogP contribution in [0.5, 0.6) is 0 Å². The highest BCUT2D eigenvalue weighted by atomic mass is 16.5. The molecule has 0 unspecified atom stereocenters. The Morgan fingerprint density at radius 3 is 2.32 bits per heavy atom. The first-order chi connectivity index (χ1) is 25.5. The summed E-state index contributed by atoms with van der Waals surface area (Å²) in [4.78, 5) is 50.6. The molecule has 4 aromatic rings. The molecule has 1 aliphatic carbocycles. The molecule has 0 saturated carbocycles. The number of amides is 2. The summed E-state index contributed by atoms with van der Waals surface area (Å²) in [5.41, 5.74) is 3.93. The minimum absolute atomic E-state index is 0.103. The molecule has 1 aromatic heterocycles. The molecule has 0 radical (unpaired) electrons. The van der Waals surface area contributed by atoms with Crippen LogP contribution < -0.4 is 10.6 Å². The first-order valence-electron chi connectivity index (χ1n) is 18.6. The van der Waals surface area contributed by atoms with E-state index in [4.69, 9.17) is 4.74 Å². The molecule has 278 valence electrons. The van der Waals surface area contributed by atoms with Gasteiger partial charge >= 0.3 is 5.97 Å². The third kappa shape index (κ3) is 10.4. The first-order valence-corrected chi connectivity index (χ1v) is 18.6. The minimum Gasteiger partial charge on any atom is -0.457 e. The lowest BCUT2D eigenvalue weighted by atomic mass is 9.91. The smallest absolute Gasteiger partial charge is 0.338 e. The standard InChI is InChI=1S/C43H51N5O5/c1-43(2,3)46-41(51)37-29-47(27-31-15-12-20-44-26-31)21-22-48(37)28-35(53-42(52)32-16-8-5-9-17-32)24-34(23-30-13-6-4-7-14-30)40(50)45-39-36-19-11-10-18-33(36)25-38(39)49/h4-20,26,34-35,37-39,49H,21-25,27-29H2,1-3H3,(H,45,50)(H,46,51)/t34-,35+,37+,38-,39+/m1/s1.